The molecule has 0 aromatic rings. The third-order valence-corrected chi connectivity index (χ3v) is 2.40. The minimum absolute atomic E-state index is 0.00360. The van der Waals surface area contributed by atoms with Crippen molar-refractivity contribution in [3.63, 3.8) is 0 Å². The average molecular weight is 147 g/mol. The van der Waals surface area contributed by atoms with E-state index in [1.54, 1.807) is 0 Å². The van der Waals surface area contributed by atoms with Crippen LogP contribution in [0.5, 0.6) is 0 Å². The molecule has 0 aliphatic carbocycles. The van der Waals surface area contributed by atoms with Crippen LogP contribution in [0.1, 0.15) is 6.42 Å². The Morgan fingerprint density at radius 1 is 1.44 bits per heavy atom. The molecule has 0 radical (unpaired) electrons. The van der Waals surface area contributed by atoms with Crippen LogP contribution < -0.4 is 0 Å². The summed E-state index contributed by atoms with van der Waals surface area (Å²) in [4.78, 5) is 8.81. The van der Waals surface area contributed by atoms with E-state index in [2.05, 4.69) is 0 Å². The summed E-state index contributed by atoms with van der Waals surface area (Å²) in [5.41, 5.74) is 0. The van der Waals surface area contributed by atoms with Gasteiger partial charge in [-0.3, -0.25) is 0 Å². The van der Waals surface area contributed by atoms with Crippen LogP contribution in [0.4, 0.5) is 0 Å². The zero-order chi connectivity index (χ0) is 6.27. The van der Waals surface area contributed by atoms with E-state index in [1.165, 1.54) is 0 Å². The fourth-order valence-electron chi connectivity index (χ4n) is 1.02. The Labute approximate surface area is 54.3 Å². The Bertz CT molecular complexity index is 107. The van der Waals surface area contributed by atoms with Gasteiger partial charge in [-0.15, -0.1) is 0 Å². The van der Waals surface area contributed by atoms with Gasteiger partial charge in [0.05, 0.1) is 12.7 Å². The van der Waals surface area contributed by atoms with Crippen LogP contribution in [0, 0.1) is 0 Å². The van der Waals surface area contributed by atoms with Crippen molar-refractivity contribution < 1.29 is 18.4 Å². The standard InChI is InChI=1S/C4H7O4Si/c5-9-7-3-1-2-6-4(3)8-9/h3-5H,1-2H2/q-1/t3-,4-/m1/s1. The number of hydrogen-bond acceptors (Lipinski definition) is 4. The maximum Gasteiger partial charge on any atom is 0.214 e. The molecule has 2 aliphatic rings. The molecule has 2 rings (SSSR count). The van der Waals surface area contributed by atoms with Crippen LogP contribution in [0.25, 0.3) is 0 Å². The molecular formula is C4H7O4Si-. The van der Waals surface area contributed by atoms with E-state index in [4.69, 9.17) is 18.4 Å². The number of ether oxygens (including phenoxy) is 1. The molecule has 2 saturated heterocycles. The third kappa shape index (κ3) is 0.907. The van der Waals surface area contributed by atoms with Crippen LogP contribution in [0.15, 0.2) is 0 Å². The highest BCUT2D eigenvalue weighted by Gasteiger charge is 2.32. The van der Waals surface area contributed by atoms with Crippen LogP contribution in [-0.4, -0.2) is 33.3 Å². The smallest absolute Gasteiger partial charge is 0.214 e. The number of fused-ring (bicyclic) bond motifs is 1. The molecule has 0 aromatic carbocycles. The SMILES string of the molecule is O[Si-]1O[C@H]2OCC[C@H]2O1. The highest BCUT2D eigenvalue weighted by atomic mass is 28.3. The first kappa shape index (κ1) is 5.81. The normalized spacial score (nSPS) is 43.7. The molecule has 0 bridgehead atoms. The van der Waals surface area contributed by atoms with Crippen molar-refractivity contribution in [2.45, 2.75) is 18.8 Å². The highest BCUT2D eigenvalue weighted by Crippen LogP contribution is 2.24. The number of hydrogen-bond donors (Lipinski definition) is 1. The molecule has 0 amide bonds. The molecule has 0 spiro atoms. The van der Waals surface area contributed by atoms with Gasteiger partial charge in [0.25, 0.3) is 0 Å². The van der Waals surface area contributed by atoms with E-state index in [0.29, 0.717) is 6.61 Å². The molecule has 0 unspecified atom stereocenters. The summed E-state index contributed by atoms with van der Waals surface area (Å²) >= 11 is 0. The second kappa shape index (κ2) is 2.03. The molecule has 4 nitrogen and oxygen atoms in total. The van der Waals surface area contributed by atoms with Crippen molar-refractivity contribution in [3.8, 4) is 0 Å². The molecule has 0 aromatic heterocycles. The largest absolute Gasteiger partial charge is 0.556 e. The van der Waals surface area contributed by atoms with Gasteiger partial charge in [-0.2, -0.15) is 0 Å². The van der Waals surface area contributed by atoms with E-state index in [9.17, 15) is 0 Å². The maximum atomic E-state index is 8.81. The molecule has 9 heavy (non-hydrogen) atoms. The van der Waals surface area contributed by atoms with E-state index < -0.39 is 9.53 Å². The molecule has 2 aliphatic heterocycles. The van der Waals surface area contributed by atoms with Gasteiger partial charge in [-0.25, -0.2) is 0 Å². The van der Waals surface area contributed by atoms with Gasteiger partial charge in [0.15, 0.2) is 0 Å². The average Bonchev–Trinajstić information content (AvgIpc) is 2.22. The molecule has 2 heterocycles. The first-order valence-electron chi connectivity index (χ1n) is 2.87. The lowest BCUT2D eigenvalue weighted by Crippen LogP contribution is -2.16. The van der Waals surface area contributed by atoms with Crippen LogP contribution in [-0.2, 0) is 13.6 Å². The molecule has 52 valence electrons. The van der Waals surface area contributed by atoms with E-state index in [0.717, 1.165) is 6.42 Å². The first-order chi connectivity index (χ1) is 4.36. The third-order valence-electron chi connectivity index (χ3n) is 1.46. The fraction of sp³-hybridized carbons (Fsp3) is 1.00. The molecule has 0 saturated carbocycles. The fourth-order valence-corrected chi connectivity index (χ4v) is 1.99. The second-order valence-corrected chi connectivity index (χ2v) is 3.07. The van der Waals surface area contributed by atoms with E-state index in [1.807, 2.05) is 0 Å². The first-order valence-corrected chi connectivity index (χ1v) is 4.13. The molecule has 1 N–H and O–H groups in total. The van der Waals surface area contributed by atoms with Crippen molar-refractivity contribution in [2.24, 2.45) is 0 Å². The summed E-state index contributed by atoms with van der Waals surface area (Å²) in [5.74, 6) is 0. The lowest BCUT2D eigenvalue weighted by atomic mass is 10.3. The predicted molar refractivity (Wildman–Crippen MR) is 28.3 cm³/mol. The predicted octanol–water partition coefficient (Wildman–Crippen LogP) is -0.875. The lowest BCUT2D eigenvalue weighted by molar-refractivity contribution is -0.0447. The van der Waals surface area contributed by atoms with E-state index >= 15 is 0 Å². The second-order valence-electron chi connectivity index (χ2n) is 2.07. The maximum absolute atomic E-state index is 8.81. The minimum Gasteiger partial charge on any atom is -0.556 e. The molecule has 2 atom stereocenters. The monoisotopic (exact) mass is 147 g/mol. The quantitative estimate of drug-likeness (QED) is 0.452. The van der Waals surface area contributed by atoms with Gasteiger partial charge in [0, 0.05) is 0 Å². The van der Waals surface area contributed by atoms with Crippen molar-refractivity contribution in [1.29, 1.82) is 0 Å². The zero-order valence-corrected chi connectivity index (χ0v) is 5.74. The van der Waals surface area contributed by atoms with Crippen molar-refractivity contribution >= 4 is 9.53 Å². The van der Waals surface area contributed by atoms with Crippen molar-refractivity contribution in [1.82, 2.24) is 0 Å². The van der Waals surface area contributed by atoms with Gasteiger partial charge in [0.1, 0.15) is 6.29 Å². The Balaban J connectivity index is 2.02. The highest BCUT2D eigenvalue weighted by molar-refractivity contribution is 6.35. The minimum atomic E-state index is -1.94. The van der Waals surface area contributed by atoms with Crippen LogP contribution in [0.2, 0.25) is 0 Å². The Kier molecular flexibility index (Phi) is 1.31. The van der Waals surface area contributed by atoms with Gasteiger partial charge in [0.2, 0.25) is 9.53 Å². The Morgan fingerprint density at radius 2 is 2.33 bits per heavy atom. The van der Waals surface area contributed by atoms with Gasteiger partial charge in [-0.1, -0.05) is 0 Å². The summed E-state index contributed by atoms with van der Waals surface area (Å²) in [5, 5.41) is 0. The summed E-state index contributed by atoms with van der Waals surface area (Å²) in [7, 11) is -1.94. The van der Waals surface area contributed by atoms with Gasteiger partial charge < -0.3 is 18.4 Å². The number of rotatable bonds is 0. The summed E-state index contributed by atoms with van der Waals surface area (Å²) in [6.45, 7) is 0.685. The molecule has 2 fully saturated rings. The Morgan fingerprint density at radius 3 is 3.11 bits per heavy atom. The van der Waals surface area contributed by atoms with Gasteiger partial charge in [-0.05, 0) is 6.42 Å². The summed E-state index contributed by atoms with van der Waals surface area (Å²) in [6.07, 6.45) is 0.576. The van der Waals surface area contributed by atoms with Crippen LogP contribution in [0.3, 0.4) is 0 Å². The molecular weight excluding hydrogens is 140 g/mol. The van der Waals surface area contributed by atoms with Crippen LogP contribution >= 0.6 is 0 Å². The van der Waals surface area contributed by atoms with Crippen molar-refractivity contribution in [3.05, 3.63) is 0 Å². The summed E-state index contributed by atoms with van der Waals surface area (Å²) in [6, 6.07) is 0. The topological polar surface area (TPSA) is 47.9 Å². The zero-order valence-electron chi connectivity index (χ0n) is 4.74. The summed E-state index contributed by atoms with van der Waals surface area (Å²) < 4.78 is 15.0. The van der Waals surface area contributed by atoms with Crippen molar-refractivity contribution in [2.75, 3.05) is 6.61 Å². The molecule has 5 heteroatoms. The van der Waals surface area contributed by atoms with Gasteiger partial charge >= 0.3 is 0 Å². The van der Waals surface area contributed by atoms with E-state index in [-0.39, 0.29) is 12.4 Å². The lowest BCUT2D eigenvalue weighted by Gasteiger charge is -2.13. The Hall–Kier alpha value is 0.0569.